The molecule has 0 nitrogen and oxygen atoms in total. The first-order valence-corrected chi connectivity index (χ1v) is 9.37. The third-order valence-electron chi connectivity index (χ3n) is 3.89. The minimum absolute atomic E-state index is 0.324. The summed E-state index contributed by atoms with van der Waals surface area (Å²) >= 11 is 5.92. The highest BCUT2D eigenvalue weighted by molar-refractivity contribution is 6.59. The molecule has 0 amide bonds. The summed E-state index contributed by atoms with van der Waals surface area (Å²) in [5.41, 5.74) is 1.51. The lowest BCUT2D eigenvalue weighted by atomic mass is 9.94. The lowest BCUT2D eigenvalue weighted by molar-refractivity contribution is 0.606. The summed E-state index contributed by atoms with van der Waals surface area (Å²) < 4.78 is 0. The van der Waals surface area contributed by atoms with Gasteiger partial charge < -0.3 is 0 Å². The quantitative estimate of drug-likeness (QED) is 0.675. The van der Waals surface area contributed by atoms with Crippen molar-refractivity contribution < 1.29 is 0 Å². The van der Waals surface area contributed by atoms with Gasteiger partial charge in [0.2, 0.25) is 0 Å². The molecule has 1 fully saturated rings. The molecule has 1 saturated heterocycles. The first-order valence-electron chi connectivity index (χ1n) is 6.55. The van der Waals surface area contributed by atoms with Crippen molar-refractivity contribution in [2.45, 2.75) is 50.2 Å². The summed E-state index contributed by atoms with van der Waals surface area (Å²) in [6, 6.07) is 13.2. The Morgan fingerprint density at radius 3 is 2.38 bits per heavy atom. The van der Waals surface area contributed by atoms with Crippen molar-refractivity contribution in [3.63, 3.8) is 0 Å². The van der Waals surface area contributed by atoms with E-state index < -0.39 is 0 Å². The molecule has 88 valence electrons. The first-order chi connectivity index (χ1) is 7.79. The highest BCUT2D eigenvalue weighted by Crippen LogP contribution is 2.35. The number of rotatable bonds is 3. The molecular weight excluding hydrogens is 232 g/mol. The van der Waals surface area contributed by atoms with Crippen molar-refractivity contribution >= 4 is 20.4 Å². The second-order valence-corrected chi connectivity index (χ2v) is 8.96. The molecule has 2 heteroatoms. The van der Waals surface area contributed by atoms with Crippen molar-refractivity contribution in [1.29, 1.82) is 0 Å². The molecule has 1 aromatic carbocycles. The maximum Gasteiger partial charge on any atom is 0.0406 e. The predicted octanol–water partition coefficient (Wildman–Crippen LogP) is 4.85. The summed E-state index contributed by atoms with van der Waals surface area (Å²) in [6.07, 6.45) is 4.26. The van der Waals surface area contributed by atoms with Crippen LogP contribution in [0.4, 0.5) is 0 Å². The Hall–Kier alpha value is -0.273. The smallest absolute Gasteiger partial charge is 0.0406 e. The predicted molar refractivity (Wildman–Crippen MR) is 75.3 cm³/mol. The second kappa shape index (κ2) is 5.88. The Morgan fingerprint density at radius 1 is 1.19 bits per heavy atom. The molecule has 1 heterocycles. The van der Waals surface area contributed by atoms with Gasteiger partial charge in [-0.1, -0.05) is 55.2 Å². The first kappa shape index (κ1) is 12.2. The third-order valence-corrected chi connectivity index (χ3v) is 7.83. The largest absolute Gasteiger partial charge is 0.0843 e. The highest BCUT2D eigenvalue weighted by Gasteiger charge is 2.22. The van der Waals surface area contributed by atoms with Gasteiger partial charge in [0.1, 0.15) is 0 Å². The summed E-state index contributed by atoms with van der Waals surface area (Å²) in [6.45, 7) is 2.33. The van der Waals surface area contributed by atoms with E-state index in [0.717, 1.165) is 10.9 Å². The molecule has 0 saturated carbocycles. The van der Waals surface area contributed by atoms with E-state index >= 15 is 0 Å². The minimum Gasteiger partial charge on any atom is -0.0843 e. The second-order valence-electron chi connectivity index (χ2n) is 5.06. The van der Waals surface area contributed by atoms with E-state index in [1.54, 1.807) is 18.1 Å². The number of benzene rings is 1. The van der Waals surface area contributed by atoms with Crippen molar-refractivity contribution in [3.8, 4) is 0 Å². The van der Waals surface area contributed by atoms with Gasteiger partial charge in [-0.3, -0.25) is 0 Å². The SMILES string of the molecule is CCC[Si@H]1CC[C@H](c2ccc(Cl)cc2)CC1. The van der Waals surface area contributed by atoms with Crippen LogP contribution < -0.4 is 0 Å². The lowest BCUT2D eigenvalue weighted by Crippen LogP contribution is -2.19. The van der Waals surface area contributed by atoms with Gasteiger partial charge in [-0.15, -0.1) is 0 Å². The Kier molecular flexibility index (Phi) is 4.48. The zero-order valence-corrected chi connectivity index (χ0v) is 12.0. The lowest BCUT2D eigenvalue weighted by Gasteiger charge is -2.27. The van der Waals surface area contributed by atoms with Gasteiger partial charge in [0.25, 0.3) is 0 Å². The van der Waals surface area contributed by atoms with Crippen molar-refractivity contribution in [2.75, 3.05) is 0 Å². The van der Waals surface area contributed by atoms with Crippen LogP contribution >= 0.6 is 11.6 Å². The minimum atomic E-state index is -0.324. The monoisotopic (exact) mass is 252 g/mol. The van der Waals surface area contributed by atoms with E-state index in [-0.39, 0.29) is 8.80 Å². The molecule has 1 aromatic rings. The number of halogens is 1. The average molecular weight is 253 g/mol. The highest BCUT2D eigenvalue weighted by atomic mass is 35.5. The molecule has 0 unspecified atom stereocenters. The van der Waals surface area contributed by atoms with E-state index in [0.29, 0.717) is 0 Å². The van der Waals surface area contributed by atoms with Crippen LogP contribution in [0.3, 0.4) is 0 Å². The Bertz CT molecular complexity index is 312. The zero-order chi connectivity index (χ0) is 11.4. The van der Waals surface area contributed by atoms with Crippen LogP contribution in [-0.4, -0.2) is 8.80 Å². The van der Waals surface area contributed by atoms with Gasteiger partial charge >= 0.3 is 0 Å². The Morgan fingerprint density at radius 2 is 1.81 bits per heavy atom. The fourth-order valence-corrected chi connectivity index (χ4v) is 6.48. The summed E-state index contributed by atoms with van der Waals surface area (Å²) in [4.78, 5) is 0. The van der Waals surface area contributed by atoms with Crippen LogP contribution in [0.5, 0.6) is 0 Å². The third kappa shape index (κ3) is 3.11. The van der Waals surface area contributed by atoms with Crippen LogP contribution in [-0.2, 0) is 0 Å². The van der Waals surface area contributed by atoms with Crippen LogP contribution in [0, 0.1) is 0 Å². The van der Waals surface area contributed by atoms with Crippen LogP contribution in [0.2, 0.25) is 23.2 Å². The van der Waals surface area contributed by atoms with E-state index in [4.69, 9.17) is 11.6 Å². The molecule has 1 aliphatic heterocycles. The van der Waals surface area contributed by atoms with Gasteiger partial charge in [0.05, 0.1) is 0 Å². The topological polar surface area (TPSA) is 0 Å². The van der Waals surface area contributed by atoms with Gasteiger partial charge in [-0.25, -0.2) is 0 Å². The van der Waals surface area contributed by atoms with Gasteiger partial charge in [0.15, 0.2) is 0 Å². The Balaban J connectivity index is 1.91. The summed E-state index contributed by atoms with van der Waals surface area (Å²) in [7, 11) is -0.324. The van der Waals surface area contributed by atoms with Gasteiger partial charge in [-0.05, 0) is 36.5 Å². The molecule has 2 rings (SSSR count). The fraction of sp³-hybridized carbons (Fsp3) is 0.571. The summed E-state index contributed by atoms with van der Waals surface area (Å²) in [5, 5.41) is 0.859. The van der Waals surface area contributed by atoms with Gasteiger partial charge in [-0.2, -0.15) is 0 Å². The molecule has 0 radical (unpaired) electrons. The van der Waals surface area contributed by atoms with Crippen LogP contribution in [0.1, 0.15) is 37.7 Å². The van der Waals surface area contributed by atoms with E-state index in [2.05, 4.69) is 19.1 Å². The maximum atomic E-state index is 5.92. The molecular formula is C14H21ClSi. The van der Waals surface area contributed by atoms with E-state index in [9.17, 15) is 0 Å². The number of hydrogen-bond donors (Lipinski definition) is 0. The molecule has 0 bridgehead atoms. The normalized spacial score (nSPS) is 25.6. The summed E-state index contributed by atoms with van der Waals surface area (Å²) in [5.74, 6) is 0.817. The van der Waals surface area contributed by atoms with Crippen molar-refractivity contribution in [1.82, 2.24) is 0 Å². The molecule has 0 N–H and O–H groups in total. The van der Waals surface area contributed by atoms with Crippen LogP contribution in [0.15, 0.2) is 24.3 Å². The van der Waals surface area contributed by atoms with E-state index in [1.165, 1.54) is 24.8 Å². The van der Waals surface area contributed by atoms with Gasteiger partial charge in [0, 0.05) is 13.8 Å². The molecule has 0 atom stereocenters. The Labute approximate surface area is 106 Å². The molecule has 16 heavy (non-hydrogen) atoms. The van der Waals surface area contributed by atoms with Crippen LogP contribution in [0.25, 0.3) is 0 Å². The van der Waals surface area contributed by atoms with E-state index in [1.807, 2.05) is 12.1 Å². The fourth-order valence-electron chi connectivity index (χ4n) is 2.93. The van der Waals surface area contributed by atoms with Crippen molar-refractivity contribution in [2.24, 2.45) is 0 Å². The molecule has 0 aromatic heterocycles. The maximum absolute atomic E-state index is 5.92. The zero-order valence-electron chi connectivity index (χ0n) is 10.1. The molecule has 1 aliphatic rings. The average Bonchev–Trinajstić information content (AvgIpc) is 2.32. The van der Waals surface area contributed by atoms with Crippen molar-refractivity contribution in [3.05, 3.63) is 34.9 Å². The molecule has 0 spiro atoms. The standard InChI is InChI=1S/C14H21ClSi/c1-2-9-16-10-7-13(8-11-16)12-3-5-14(15)6-4-12/h3-6,13,16H,2,7-11H2,1H3/t13-,16-. The number of hydrogen-bond acceptors (Lipinski definition) is 0. The molecule has 0 aliphatic carbocycles.